The number of halogens is 2. The number of aliphatic hydroxyl groups is 1. The molecule has 1 fully saturated rings. The third kappa shape index (κ3) is 4.45. The number of unbranched alkanes of at least 4 members (excludes halogenated alkanes) is 1. The molecule has 0 heterocycles. The van der Waals surface area contributed by atoms with Gasteiger partial charge in [-0.1, -0.05) is 15.9 Å². The lowest BCUT2D eigenvalue weighted by molar-refractivity contribution is 0.204. The first-order chi connectivity index (χ1) is 9.60. The third-order valence-corrected chi connectivity index (χ3v) is 3.63. The van der Waals surface area contributed by atoms with E-state index >= 15 is 0 Å². The Morgan fingerprint density at radius 3 is 2.75 bits per heavy atom. The maximum Gasteiger partial charge on any atom is 0.322 e. The van der Waals surface area contributed by atoms with Crippen LogP contribution in [-0.4, -0.2) is 35.2 Å². The minimum Gasteiger partial charge on any atom is -0.396 e. The van der Waals surface area contributed by atoms with Crippen molar-refractivity contribution in [1.82, 2.24) is 4.90 Å². The molecule has 1 aliphatic carbocycles. The first-order valence-corrected chi connectivity index (χ1v) is 7.54. The van der Waals surface area contributed by atoms with Crippen molar-refractivity contribution < 1.29 is 14.3 Å². The van der Waals surface area contributed by atoms with Crippen LogP contribution in [0.15, 0.2) is 22.7 Å². The van der Waals surface area contributed by atoms with Gasteiger partial charge in [-0.3, -0.25) is 0 Å². The number of anilines is 1. The van der Waals surface area contributed by atoms with E-state index in [1.807, 2.05) is 0 Å². The SMILES string of the molecule is O=C(Nc1cc(F)cc(Br)c1)N(CCCCO)C1CC1. The minimum absolute atomic E-state index is 0.136. The Balaban J connectivity index is 1.96. The summed E-state index contributed by atoms with van der Waals surface area (Å²) in [5.74, 6) is -0.395. The van der Waals surface area contributed by atoms with E-state index in [0.29, 0.717) is 23.1 Å². The lowest BCUT2D eigenvalue weighted by Gasteiger charge is -2.22. The first-order valence-electron chi connectivity index (χ1n) is 6.74. The van der Waals surface area contributed by atoms with Crippen molar-refractivity contribution in [2.45, 2.75) is 31.7 Å². The summed E-state index contributed by atoms with van der Waals surface area (Å²) < 4.78 is 13.9. The number of aliphatic hydroxyl groups excluding tert-OH is 1. The smallest absolute Gasteiger partial charge is 0.322 e. The maximum absolute atomic E-state index is 13.3. The summed E-state index contributed by atoms with van der Waals surface area (Å²) in [6.45, 7) is 0.754. The summed E-state index contributed by atoms with van der Waals surface area (Å²) in [7, 11) is 0. The van der Waals surface area contributed by atoms with E-state index in [2.05, 4.69) is 21.2 Å². The number of rotatable bonds is 6. The number of urea groups is 1. The molecule has 1 saturated carbocycles. The molecule has 0 aliphatic heterocycles. The van der Waals surface area contributed by atoms with Gasteiger partial charge in [-0.2, -0.15) is 0 Å². The molecule has 1 aromatic carbocycles. The third-order valence-electron chi connectivity index (χ3n) is 3.17. The molecular formula is C14H18BrFN2O2. The van der Waals surface area contributed by atoms with Crippen LogP contribution in [0.4, 0.5) is 14.9 Å². The van der Waals surface area contributed by atoms with E-state index in [9.17, 15) is 9.18 Å². The van der Waals surface area contributed by atoms with Crippen LogP contribution >= 0.6 is 15.9 Å². The molecule has 1 aromatic rings. The summed E-state index contributed by atoms with van der Waals surface area (Å²) in [5, 5.41) is 11.5. The van der Waals surface area contributed by atoms with Gasteiger partial charge < -0.3 is 15.3 Å². The number of hydrogen-bond acceptors (Lipinski definition) is 2. The molecule has 0 saturated heterocycles. The quantitative estimate of drug-likeness (QED) is 0.777. The van der Waals surface area contributed by atoms with Crippen LogP contribution in [0.25, 0.3) is 0 Å². The van der Waals surface area contributed by atoms with Crippen molar-refractivity contribution in [3.8, 4) is 0 Å². The van der Waals surface area contributed by atoms with Crippen molar-refractivity contribution in [2.75, 3.05) is 18.5 Å². The van der Waals surface area contributed by atoms with Crippen LogP contribution in [0, 0.1) is 5.82 Å². The number of hydrogen-bond donors (Lipinski definition) is 2. The second-order valence-corrected chi connectivity index (χ2v) is 5.86. The van der Waals surface area contributed by atoms with Gasteiger partial charge in [0.2, 0.25) is 0 Å². The molecule has 0 unspecified atom stereocenters. The first kappa shape index (κ1) is 15.3. The normalized spacial score (nSPS) is 14.2. The molecule has 1 aliphatic rings. The average Bonchev–Trinajstić information content (AvgIpc) is 3.17. The zero-order valence-electron chi connectivity index (χ0n) is 11.1. The van der Waals surface area contributed by atoms with Gasteiger partial charge in [0.25, 0.3) is 0 Å². The number of nitrogens with zero attached hydrogens (tertiary/aromatic N) is 1. The molecule has 20 heavy (non-hydrogen) atoms. The second kappa shape index (κ2) is 7.04. The summed E-state index contributed by atoms with van der Waals surface area (Å²) in [4.78, 5) is 14.0. The zero-order chi connectivity index (χ0) is 14.5. The van der Waals surface area contributed by atoms with E-state index in [-0.39, 0.29) is 18.7 Å². The van der Waals surface area contributed by atoms with E-state index in [0.717, 1.165) is 19.3 Å². The summed E-state index contributed by atoms with van der Waals surface area (Å²) in [5.41, 5.74) is 0.440. The van der Waals surface area contributed by atoms with Gasteiger partial charge in [-0.25, -0.2) is 9.18 Å². The Kier molecular flexibility index (Phi) is 5.37. The molecule has 2 rings (SSSR count). The summed E-state index contributed by atoms with van der Waals surface area (Å²) >= 11 is 3.20. The van der Waals surface area contributed by atoms with Gasteiger partial charge >= 0.3 is 6.03 Å². The van der Waals surface area contributed by atoms with Crippen LogP contribution in [0.3, 0.4) is 0 Å². The highest BCUT2D eigenvalue weighted by molar-refractivity contribution is 9.10. The number of carbonyl (C=O) groups excluding carboxylic acids is 1. The van der Waals surface area contributed by atoms with Gasteiger partial charge in [0, 0.05) is 29.4 Å². The van der Waals surface area contributed by atoms with Crippen molar-refractivity contribution in [1.29, 1.82) is 0 Å². The fourth-order valence-electron chi connectivity index (χ4n) is 2.05. The van der Waals surface area contributed by atoms with Crippen LogP contribution in [-0.2, 0) is 0 Å². The molecule has 0 atom stereocenters. The van der Waals surface area contributed by atoms with E-state index < -0.39 is 5.82 Å². The number of benzene rings is 1. The Morgan fingerprint density at radius 2 is 2.15 bits per heavy atom. The van der Waals surface area contributed by atoms with Gasteiger partial charge in [0.15, 0.2) is 0 Å². The number of amides is 2. The van der Waals surface area contributed by atoms with Crippen molar-refractivity contribution in [2.24, 2.45) is 0 Å². The molecule has 0 bridgehead atoms. The molecule has 0 spiro atoms. The van der Waals surface area contributed by atoms with Crippen LogP contribution in [0.1, 0.15) is 25.7 Å². The molecular weight excluding hydrogens is 327 g/mol. The predicted molar refractivity (Wildman–Crippen MR) is 79.2 cm³/mol. The van der Waals surface area contributed by atoms with E-state index in [1.165, 1.54) is 12.1 Å². The molecule has 0 aromatic heterocycles. The monoisotopic (exact) mass is 344 g/mol. The average molecular weight is 345 g/mol. The lowest BCUT2D eigenvalue weighted by Crippen LogP contribution is -2.37. The standard InChI is InChI=1S/C14H18BrFN2O2/c15-10-7-11(16)9-12(8-10)17-14(20)18(13-3-4-13)5-1-2-6-19/h7-9,13,19H,1-6H2,(H,17,20). The second-order valence-electron chi connectivity index (χ2n) is 4.94. The van der Waals surface area contributed by atoms with Crippen LogP contribution < -0.4 is 5.32 Å². The van der Waals surface area contributed by atoms with E-state index in [1.54, 1.807) is 11.0 Å². The van der Waals surface area contributed by atoms with Gasteiger partial charge in [0.1, 0.15) is 5.82 Å². The molecule has 6 heteroatoms. The predicted octanol–water partition coefficient (Wildman–Crippen LogP) is 3.36. The minimum atomic E-state index is -0.395. The van der Waals surface area contributed by atoms with Crippen molar-refractivity contribution in [3.63, 3.8) is 0 Å². The van der Waals surface area contributed by atoms with Gasteiger partial charge in [-0.15, -0.1) is 0 Å². The highest BCUT2D eigenvalue weighted by Crippen LogP contribution is 2.28. The van der Waals surface area contributed by atoms with Gasteiger partial charge in [0.05, 0.1) is 0 Å². The number of carbonyl (C=O) groups is 1. The Hall–Kier alpha value is -1.14. The molecule has 2 N–H and O–H groups in total. The van der Waals surface area contributed by atoms with Crippen molar-refractivity contribution >= 4 is 27.6 Å². The molecule has 4 nitrogen and oxygen atoms in total. The lowest BCUT2D eigenvalue weighted by atomic mass is 10.3. The largest absolute Gasteiger partial charge is 0.396 e. The fourth-order valence-corrected chi connectivity index (χ4v) is 2.52. The summed E-state index contributed by atoms with van der Waals surface area (Å²) in [6.07, 6.45) is 3.48. The zero-order valence-corrected chi connectivity index (χ0v) is 12.7. The Morgan fingerprint density at radius 1 is 1.40 bits per heavy atom. The topological polar surface area (TPSA) is 52.6 Å². The van der Waals surface area contributed by atoms with Crippen LogP contribution in [0.5, 0.6) is 0 Å². The van der Waals surface area contributed by atoms with Gasteiger partial charge in [-0.05, 0) is 43.9 Å². The highest BCUT2D eigenvalue weighted by Gasteiger charge is 2.32. The van der Waals surface area contributed by atoms with Crippen LogP contribution in [0.2, 0.25) is 0 Å². The number of nitrogens with one attached hydrogen (secondary N) is 1. The molecule has 2 amide bonds. The summed E-state index contributed by atoms with van der Waals surface area (Å²) in [6, 6.07) is 4.38. The molecule has 110 valence electrons. The van der Waals surface area contributed by atoms with Crippen molar-refractivity contribution in [3.05, 3.63) is 28.5 Å². The highest BCUT2D eigenvalue weighted by atomic mass is 79.9. The Bertz CT molecular complexity index is 460. The maximum atomic E-state index is 13.3. The Labute approximate surface area is 126 Å². The fraction of sp³-hybridized carbons (Fsp3) is 0.500. The van der Waals surface area contributed by atoms with E-state index in [4.69, 9.17) is 5.11 Å². The molecule has 0 radical (unpaired) electrons.